The van der Waals surface area contributed by atoms with Gasteiger partial charge in [-0.2, -0.15) is 0 Å². The second-order valence-electron chi connectivity index (χ2n) is 0. The topological polar surface area (TPSA) is 0 Å². The largest absolute Gasteiger partial charge is 0.316 e. The first-order chi connectivity index (χ1) is 0. The summed E-state index contributed by atoms with van der Waals surface area (Å²) in [6.07, 6.45) is 0. The maximum absolute atomic E-state index is 0. The fraction of sp³-hybridized carbons (Fsp3) is 0. The van der Waals surface area contributed by atoms with E-state index in [1.165, 1.54) is 0 Å². The van der Waals surface area contributed by atoms with Crippen molar-refractivity contribution in [3.8, 4) is 0 Å². The van der Waals surface area contributed by atoms with Crippen LogP contribution < -0.4 is 0 Å². The van der Waals surface area contributed by atoms with Crippen molar-refractivity contribution in [3.63, 3.8) is 0 Å². The average molecular weight is 322 g/mol. The molecule has 0 aliphatic carbocycles. The van der Waals surface area contributed by atoms with Crippen molar-refractivity contribution < 1.29 is 0 Å². The summed E-state index contributed by atoms with van der Waals surface area (Å²) >= 11 is 0. The standard InChI is InChI=1S/2HI.K.Mg.3H/h2*1H;;;;;. The molecule has 0 saturated carbocycles. The van der Waals surface area contributed by atoms with Gasteiger partial charge in [0.25, 0.3) is 0 Å². The van der Waals surface area contributed by atoms with E-state index in [1.807, 2.05) is 0 Å². The van der Waals surface area contributed by atoms with Crippen LogP contribution in [-0.2, 0) is 0 Å². The van der Waals surface area contributed by atoms with E-state index in [2.05, 4.69) is 0 Å². The molecule has 0 atom stereocenters. The molecule has 0 aromatic carbocycles. The number of hydrogen-bond acceptors (Lipinski definition) is 0. The molecule has 0 aromatic rings. The van der Waals surface area contributed by atoms with Crippen LogP contribution in [0.25, 0.3) is 0 Å². The van der Waals surface area contributed by atoms with Gasteiger partial charge in [0.05, 0.1) is 0 Å². The van der Waals surface area contributed by atoms with Crippen molar-refractivity contribution in [3.05, 3.63) is 0 Å². The van der Waals surface area contributed by atoms with Crippen LogP contribution in [0.1, 0.15) is 0 Å². The summed E-state index contributed by atoms with van der Waals surface area (Å²) < 4.78 is 0. The first-order valence-corrected chi connectivity index (χ1v) is 0. The molecule has 0 unspecified atom stereocenters. The number of halogens is 2. The molecule has 0 aliphatic rings. The summed E-state index contributed by atoms with van der Waals surface area (Å²) in [5.74, 6) is 0. The fourth-order valence-electron chi connectivity index (χ4n) is 0. The normalized spacial score (nSPS) is 0. The van der Waals surface area contributed by atoms with Crippen LogP contribution in [0.4, 0.5) is 0 Å². The van der Waals surface area contributed by atoms with Gasteiger partial charge in [-0.3, -0.25) is 0 Å². The van der Waals surface area contributed by atoms with Crippen LogP contribution >= 0.6 is 48.0 Å². The van der Waals surface area contributed by atoms with E-state index >= 15 is 0 Å². The van der Waals surface area contributed by atoms with Crippen LogP contribution in [0.2, 0.25) is 0 Å². The first-order valence-electron chi connectivity index (χ1n) is 0. The summed E-state index contributed by atoms with van der Waals surface area (Å²) in [5, 5.41) is 0. The van der Waals surface area contributed by atoms with E-state index in [-0.39, 0.29) is 122 Å². The van der Waals surface area contributed by atoms with Crippen molar-refractivity contribution >= 4 is 122 Å². The summed E-state index contributed by atoms with van der Waals surface area (Å²) in [6, 6.07) is 0. The van der Waals surface area contributed by atoms with E-state index in [0.29, 0.717) is 0 Å². The van der Waals surface area contributed by atoms with Crippen LogP contribution in [0.15, 0.2) is 0 Å². The molecule has 0 spiro atoms. The Morgan fingerprint density at radius 2 is 0.750 bits per heavy atom. The Hall–Kier alpha value is 3.86. The van der Waals surface area contributed by atoms with Crippen molar-refractivity contribution in [1.82, 2.24) is 0 Å². The van der Waals surface area contributed by atoms with Crippen molar-refractivity contribution in [2.75, 3.05) is 0 Å². The zero-order chi connectivity index (χ0) is 0. The maximum Gasteiger partial charge on any atom is 0.316 e. The molecule has 4 heavy (non-hydrogen) atoms. The average Bonchev–Trinajstić information content (AvgIpc) is 0. The first kappa shape index (κ1) is 24.8. The van der Waals surface area contributed by atoms with Crippen molar-refractivity contribution in [1.29, 1.82) is 0 Å². The molecule has 0 aromatic heterocycles. The molecule has 0 saturated heterocycles. The van der Waals surface area contributed by atoms with E-state index < -0.39 is 0 Å². The predicted octanol–water partition coefficient (Wildman–Crippen LogP) is -0.329. The van der Waals surface area contributed by atoms with Gasteiger partial charge in [0, 0.05) is 0 Å². The van der Waals surface area contributed by atoms with E-state index in [1.54, 1.807) is 0 Å². The van der Waals surface area contributed by atoms with Gasteiger partial charge in [-0.05, 0) is 0 Å². The molecule has 22 valence electrons. The third kappa shape index (κ3) is 9.29. The molecular weight excluding hydrogens is 317 g/mol. The van der Waals surface area contributed by atoms with Crippen LogP contribution in [0.5, 0.6) is 0 Å². The third-order valence-electron chi connectivity index (χ3n) is 0. The molecule has 0 heterocycles. The summed E-state index contributed by atoms with van der Waals surface area (Å²) in [4.78, 5) is 0. The SMILES string of the molecule is I.I.[KH].[MgH2]. The van der Waals surface area contributed by atoms with Gasteiger partial charge < -0.3 is 0 Å². The van der Waals surface area contributed by atoms with Gasteiger partial charge in [-0.1, -0.05) is 0 Å². The second-order valence-corrected chi connectivity index (χ2v) is 0. The molecule has 0 N–H and O–H groups in total. The Morgan fingerprint density at radius 3 is 0.750 bits per heavy atom. The zero-order valence-electron chi connectivity index (χ0n) is 0.816. The molecule has 0 amide bonds. The number of hydrogen-bond donors (Lipinski definition) is 0. The Morgan fingerprint density at radius 1 is 0.750 bits per heavy atom. The minimum atomic E-state index is 0. The van der Waals surface area contributed by atoms with Crippen LogP contribution in [0, 0.1) is 0 Å². The van der Waals surface area contributed by atoms with Gasteiger partial charge >= 0.3 is 74.4 Å². The molecule has 0 radical (unpaired) electrons. The van der Waals surface area contributed by atoms with Crippen molar-refractivity contribution in [2.24, 2.45) is 0 Å². The molecule has 0 bridgehead atoms. The zero-order valence-corrected chi connectivity index (χ0v) is 5.48. The Balaban J connectivity index is 0. The third-order valence-corrected chi connectivity index (χ3v) is 0. The molecule has 0 nitrogen and oxygen atoms in total. The van der Waals surface area contributed by atoms with Gasteiger partial charge in [0.1, 0.15) is 0 Å². The fourth-order valence-corrected chi connectivity index (χ4v) is 0. The molecule has 0 aliphatic heterocycles. The Kier molecular flexibility index (Phi) is 98.1. The molecule has 0 rings (SSSR count). The monoisotopic (exact) mass is 322 g/mol. The molecular formula is H5I2KMg. The molecule has 0 fully saturated rings. The van der Waals surface area contributed by atoms with E-state index in [9.17, 15) is 0 Å². The minimum Gasteiger partial charge on any atom is 0.316 e. The van der Waals surface area contributed by atoms with E-state index in [4.69, 9.17) is 0 Å². The van der Waals surface area contributed by atoms with Crippen LogP contribution in [-0.4, -0.2) is 74.4 Å². The quantitative estimate of drug-likeness (QED) is 0.423. The smallest absolute Gasteiger partial charge is 0.316 e. The van der Waals surface area contributed by atoms with Crippen molar-refractivity contribution in [2.45, 2.75) is 0 Å². The van der Waals surface area contributed by atoms with Crippen LogP contribution in [0.3, 0.4) is 0 Å². The molecule has 4 heteroatoms. The van der Waals surface area contributed by atoms with Gasteiger partial charge in [-0.25, -0.2) is 0 Å². The predicted molar refractivity (Wildman–Crippen MR) is 46.5 cm³/mol. The van der Waals surface area contributed by atoms with Gasteiger partial charge in [0.2, 0.25) is 0 Å². The Bertz CT molecular complexity index is 6.00. The van der Waals surface area contributed by atoms with Gasteiger partial charge in [0.15, 0.2) is 0 Å². The number of rotatable bonds is 0. The van der Waals surface area contributed by atoms with E-state index in [0.717, 1.165) is 0 Å². The summed E-state index contributed by atoms with van der Waals surface area (Å²) in [7, 11) is 0. The maximum atomic E-state index is 0. The second kappa shape index (κ2) is 15.8. The Labute approximate surface area is 119 Å². The minimum absolute atomic E-state index is 0. The van der Waals surface area contributed by atoms with Gasteiger partial charge in [-0.15, -0.1) is 48.0 Å². The summed E-state index contributed by atoms with van der Waals surface area (Å²) in [6.45, 7) is 0. The summed E-state index contributed by atoms with van der Waals surface area (Å²) in [5.41, 5.74) is 0.